The molecular formula is C19H17F3N2O4. The maximum Gasteiger partial charge on any atom is 0.573 e. The Morgan fingerprint density at radius 2 is 1.89 bits per heavy atom. The van der Waals surface area contributed by atoms with E-state index >= 15 is 0 Å². The summed E-state index contributed by atoms with van der Waals surface area (Å²) in [6.45, 7) is 2.08. The molecule has 1 aliphatic heterocycles. The Balaban J connectivity index is 1.93. The average Bonchev–Trinajstić information content (AvgIpc) is 2.60. The number of nitrogens with zero attached hydrogens (tertiary/aromatic N) is 1. The van der Waals surface area contributed by atoms with Crippen molar-refractivity contribution in [1.82, 2.24) is 5.32 Å². The zero-order valence-corrected chi connectivity index (χ0v) is 14.8. The quantitative estimate of drug-likeness (QED) is 0.819. The van der Waals surface area contributed by atoms with Gasteiger partial charge in [0.1, 0.15) is 23.7 Å². The van der Waals surface area contributed by atoms with Gasteiger partial charge in [0.05, 0.1) is 6.61 Å². The molecule has 0 fully saturated rings. The third-order valence-electron chi connectivity index (χ3n) is 4.14. The van der Waals surface area contributed by atoms with Gasteiger partial charge in [-0.15, -0.1) is 13.2 Å². The third kappa shape index (κ3) is 4.80. The second kappa shape index (κ2) is 7.51. The molecule has 1 amide bonds. The van der Waals surface area contributed by atoms with Gasteiger partial charge in [-0.3, -0.25) is 10.3 Å². The molecule has 28 heavy (non-hydrogen) atoms. The predicted molar refractivity (Wildman–Crippen MR) is 95.3 cm³/mol. The van der Waals surface area contributed by atoms with E-state index < -0.39 is 18.0 Å². The van der Waals surface area contributed by atoms with Gasteiger partial charge in [-0.05, 0) is 41.8 Å². The van der Waals surface area contributed by atoms with Gasteiger partial charge in [-0.25, -0.2) is 4.79 Å². The van der Waals surface area contributed by atoms with Crippen LogP contribution in [0.2, 0.25) is 0 Å². The molecule has 3 rings (SSSR count). The number of amides is 1. The van der Waals surface area contributed by atoms with Gasteiger partial charge < -0.3 is 14.6 Å². The van der Waals surface area contributed by atoms with E-state index in [2.05, 4.69) is 15.0 Å². The number of amidine groups is 1. The number of nitrogens with one attached hydrogen (secondary N) is 1. The molecule has 0 aromatic heterocycles. The van der Waals surface area contributed by atoms with Crippen molar-refractivity contribution in [3.05, 3.63) is 54.1 Å². The molecular weight excluding hydrogens is 377 g/mol. The predicted octanol–water partition coefficient (Wildman–Crippen LogP) is 4.16. The van der Waals surface area contributed by atoms with E-state index in [-0.39, 0.29) is 24.8 Å². The molecule has 9 heteroatoms. The van der Waals surface area contributed by atoms with Crippen molar-refractivity contribution >= 4 is 11.9 Å². The highest BCUT2D eigenvalue weighted by Crippen LogP contribution is 2.33. The van der Waals surface area contributed by atoms with Crippen LogP contribution in [-0.2, 0) is 10.3 Å². The highest BCUT2D eigenvalue weighted by molar-refractivity contribution is 5.96. The summed E-state index contributed by atoms with van der Waals surface area (Å²) in [4.78, 5) is 15.3. The summed E-state index contributed by atoms with van der Waals surface area (Å²) in [5.41, 5.74) is 1.10. The molecule has 0 saturated carbocycles. The fourth-order valence-electron chi connectivity index (χ4n) is 2.95. The van der Waals surface area contributed by atoms with Crippen LogP contribution >= 0.6 is 0 Å². The molecule has 0 radical (unpaired) electrons. The van der Waals surface area contributed by atoms with Crippen LogP contribution in [0.3, 0.4) is 0 Å². The van der Waals surface area contributed by atoms with E-state index in [9.17, 15) is 18.0 Å². The van der Waals surface area contributed by atoms with E-state index in [1.165, 1.54) is 18.2 Å². The van der Waals surface area contributed by atoms with Crippen molar-refractivity contribution in [2.75, 3.05) is 13.2 Å². The van der Waals surface area contributed by atoms with Crippen LogP contribution in [0.4, 0.5) is 18.0 Å². The number of alkyl halides is 3. The van der Waals surface area contributed by atoms with Crippen molar-refractivity contribution in [3.63, 3.8) is 0 Å². The number of aliphatic imine (C=N–C) groups is 1. The molecule has 0 aliphatic carbocycles. The van der Waals surface area contributed by atoms with Crippen LogP contribution in [0.1, 0.15) is 12.5 Å². The summed E-state index contributed by atoms with van der Waals surface area (Å²) >= 11 is 0. The SMILES string of the molecule is CC1(c2cccc(-c3cccc(OC(F)(F)F)c3)c2)COCC(NC(=O)O)=N1. The van der Waals surface area contributed by atoms with Crippen molar-refractivity contribution in [2.45, 2.75) is 18.8 Å². The number of hydrogen-bond donors (Lipinski definition) is 2. The average molecular weight is 394 g/mol. The molecule has 1 unspecified atom stereocenters. The van der Waals surface area contributed by atoms with Gasteiger partial charge in [0.2, 0.25) is 0 Å². The number of carbonyl (C=O) groups is 1. The molecule has 1 heterocycles. The van der Waals surface area contributed by atoms with E-state index in [0.29, 0.717) is 11.1 Å². The monoisotopic (exact) mass is 394 g/mol. The fourth-order valence-corrected chi connectivity index (χ4v) is 2.95. The third-order valence-corrected chi connectivity index (χ3v) is 4.14. The summed E-state index contributed by atoms with van der Waals surface area (Å²) in [6, 6.07) is 12.8. The maximum atomic E-state index is 12.5. The van der Waals surface area contributed by atoms with Crippen LogP contribution in [0.15, 0.2) is 53.5 Å². The van der Waals surface area contributed by atoms with Gasteiger partial charge in [0, 0.05) is 0 Å². The van der Waals surface area contributed by atoms with Gasteiger partial charge >= 0.3 is 12.5 Å². The topological polar surface area (TPSA) is 80.2 Å². The largest absolute Gasteiger partial charge is 0.573 e. The summed E-state index contributed by atoms with van der Waals surface area (Å²) in [7, 11) is 0. The van der Waals surface area contributed by atoms with Crippen LogP contribution in [-0.4, -0.2) is 36.6 Å². The lowest BCUT2D eigenvalue weighted by molar-refractivity contribution is -0.274. The fraction of sp³-hybridized carbons (Fsp3) is 0.263. The van der Waals surface area contributed by atoms with Gasteiger partial charge in [0.25, 0.3) is 0 Å². The minimum absolute atomic E-state index is 0.0540. The molecule has 148 valence electrons. The second-order valence-electron chi connectivity index (χ2n) is 6.41. The van der Waals surface area contributed by atoms with E-state index in [1.54, 1.807) is 37.3 Å². The zero-order valence-electron chi connectivity index (χ0n) is 14.8. The Morgan fingerprint density at radius 3 is 2.57 bits per heavy atom. The highest BCUT2D eigenvalue weighted by Gasteiger charge is 2.32. The first kappa shape index (κ1) is 19.7. The summed E-state index contributed by atoms with van der Waals surface area (Å²) < 4.78 is 46.8. The Kier molecular flexibility index (Phi) is 5.28. The first-order valence-electron chi connectivity index (χ1n) is 8.28. The summed E-state index contributed by atoms with van der Waals surface area (Å²) in [6.07, 6.45) is -6.00. The van der Waals surface area contributed by atoms with Crippen LogP contribution < -0.4 is 10.1 Å². The van der Waals surface area contributed by atoms with Gasteiger partial charge in [-0.2, -0.15) is 0 Å². The number of ether oxygens (including phenoxy) is 2. The Labute approximate surface area is 158 Å². The Hall–Kier alpha value is -3.07. The molecule has 0 spiro atoms. The van der Waals surface area contributed by atoms with E-state index in [0.717, 1.165) is 5.56 Å². The molecule has 2 aromatic rings. The minimum atomic E-state index is -4.77. The van der Waals surface area contributed by atoms with E-state index in [1.807, 2.05) is 0 Å². The summed E-state index contributed by atoms with van der Waals surface area (Å²) in [5.74, 6) is -0.124. The molecule has 1 atom stereocenters. The van der Waals surface area contributed by atoms with Crippen molar-refractivity contribution in [2.24, 2.45) is 4.99 Å². The lowest BCUT2D eigenvalue weighted by Crippen LogP contribution is -2.42. The lowest BCUT2D eigenvalue weighted by Gasteiger charge is -2.31. The molecule has 6 nitrogen and oxygen atoms in total. The molecule has 0 bridgehead atoms. The molecule has 2 N–H and O–H groups in total. The lowest BCUT2D eigenvalue weighted by atomic mass is 9.90. The van der Waals surface area contributed by atoms with Gasteiger partial charge in [-0.1, -0.05) is 30.3 Å². The number of rotatable bonds is 3. The maximum absolute atomic E-state index is 12.5. The Morgan fingerprint density at radius 1 is 1.21 bits per heavy atom. The van der Waals surface area contributed by atoms with Crippen molar-refractivity contribution in [1.29, 1.82) is 0 Å². The number of hydrogen-bond acceptors (Lipinski definition) is 4. The number of benzene rings is 2. The highest BCUT2D eigenvalue weighted by atomic mass is 19.4. The zero-order chi connectivity index (χ0) is 20.4. The normalized spacial score (nSPS) is 19.6. The standard InChI is InChI=1S/C19H17F3N2O4/c1-18(11-27-10-16(24-18)23-17(25)26)14-6-2-4-12(8-14)13-5-3-7-15(9-13)28-19(20,21)22/h2-9H,10-11H2,1H3,(H,23,24)(H,25,26). The van der Waals surface area contributed by atoms with Crippen molar-refractivity contribution < 1.29 is 32.5 Å². The van der Waals surface area contributed by atoms with E-state index in [4.69, 9.17) is 9.84 Å². The molecule has 1 aliphatic rings. The molecule has 2 aromatic carbocycles. The van der Waals surface area contributed by atoms with Crippen LogP contribution in [0.25, 0.3) is 11.1 Å². The second-order valence-corrected chi connectivity index (χ2v) is 6.41. The Bertz CT molecular complexity index is 914. The van der Waals surface area contributed by atoms with Gasteiger partial charge in [0.15, 0.2) is 0 Å². The smallest absolute Gasteiger partial charge is 0.465 e. The number of halogens is 3. The number of carboxylic acid groups (broad SMARTS) is 1. The van der Waals surface area contributed by atoms with Crippen LogP contribution in [0.5, 0.6) is 5.75 Å². The van der Waals surface area contributed by atoms with Crippen LogP contribution in [0, 0.1) is 0 Å². The molecule has 0 saturated heterocycles. The van der Waals surface area contributed by atoms with Crippen molar-refractivity contribution in [3.8, 4) is 16.9 Å². The first-order chi connectivity index (χ1) is 13.1. The minimum Gasteiger partial charge on any atom is -0.465 e. The summed E-state index contributed by atoms with van der Waals surface area (Å²) in [5, 5.41) is 11.1. The first-order valence-corrected chi connectivity index (χ1v) is 8.28.